The molecule has 0 heterocycles. The third-order valence-electron chi connectivity index (χ3n) is 7.35. The van der Waals surface area contributed by atoms with Gasteiger partial charge in [-0.3, -0.25) is 9.59 Å². The van der Waals surface area contributed by atoms with Crippen molar-refractivity contribution in [2.75, 3.05) is 0 Å². The molecule has 0 aliphatic rings. The molecule has 5 heteroatoms. The molecule has 0 spiro atoms. The Morgan fingerprint density at radius 2 is 1.30 bits per heavy atom. The van der Waals surface area contributed by atoms with Crippen molar-refractivity contribution in [2.45, 2.75) is 57.7 Å². The Bertz CT molecular complexity index is 1320. The van der Waals surface area contributed by atoms with Gasteiger partial charge in [0.05, 0.1) is 0 Å². The van der Waals surface area contributed by atoms with Crippen LogP contribution in [0.1, 0.15) is 54.9 Å². The van der Waals surface area contributed by atoms with E-state index < -0.39 is 11.9 Å². The number of benzene rings is 4. The first-order valence-corrected chi connectivity index (χ1v) is 13.9. The SMILES string of the molecule is CC[C@@H](C)NC(=O)[C@@H](Cc1ccccc1)N(Cc1ccccc1F)C(=O)CC(c1ccccc1)c1ccccc1. The van der Waals surface area contributed by atoms with Gasteiger partial charge < -0.3 is 10.2 Å². The third kappa shape index (κ3) is 7.66. The second-order valence-electron chi connectivity index (χ2n) is 10.2. The van der Waals surface area contributed by atoms with Crippen LogP contribution in [0.5, 0.6) is 0 Å². The van der Waals surface area contributed by atoms with Gasteiger partial charge in [0.25, 0.3) is 0 Å². The van der Waals surface area contributed by atoms with Gasteiger partial charge in [-0.25, -0.2) is 4.39 Å². The van der Waals surface area contributed by atoms with Crippen molar-refractivity contribution in [1.29, 1.82) is 0 Å². The van der Waals surface area contributed by atoms with Gasteiger partial charge >= 0.3 is 0 Å². The van der Waals surface area contributed by atoms with Gasteiger partial charge in [-0.05, 0) is 36.1 Å². The van der Waals surface area contributed by atoms with Crippen LogP contribution in [0.4, 0.5) is 4.39 Å². The van der Waals surface area contributed by atoms with Gasteiger partial charge in [0, 0.05) is 36.9 Å². The van der Waals surface area contributed by atoms with E-state index in [1.807, 2.05) is 105 Å². The Hall–Kier alpha value is -4.25. The Kier molecular flexibility index (Phi) is 10.2. The molecule has 0 saturated heterocycles. The van der Waals surface area contributed by atoms with E-state index in [1.165, 1.54) is 6.07 Å². The van der Waals surface area contributed by atoms with Crippen molar-refractivity contribution in [3.8, 4) is 0 Å². The molecule has 206 valence electrons. The largest absolute Gasteiger partial charge is 0.352 e. The predicted molar refractivity (Wildman–Crippen MR) is 158 cm³/mol. The highest BCUT2D eigenvalue weighted by atomic mass is 19.1. The summed E-state index contributed by atoms with van der Waals surface area (Å²) in [6.45, 7) is 3.94. The average Bonchev–Trinajstić information content (AvgIpc) is 2.99. The maximum Gasteiger partial charge on any atom is 0.243 e. The van der Waals surface area contributed by atoms with E-state index in [-0.39, 0.29) is 36.7 Å². The molecule has 0 fully saturated rings. The number of amides is 2. The summed E-state index contributed by atoms with van der Waals surface area (Å²) in [6.07, 6.45) is 1.23. The molecule has 0 radical (unpaired) electrons. The highest BCUT2D eigenvalue weighted by Gasteiger charge is 2.33. The highest BCUT2D eigenvalue weighted by molar-refractivity contribution is 5.88. The number of hydrogen-bond acceptors (Lipinski definition) is 2. The van der Waals surface area contributed by atoms with Crippen LogP contribution in [-0.4, -0.2) is 28.8 Å². The fraction of sp³-hybridized carbons (Fsp3) is 0.257. The minimum Gasteiger partial charge on any atom is -0.352 e. The summed E-state index contributed by atoms with van der Waals surface area (Å²) in [4.78, 5) is 29.7. The van der Waals surface area contributed by atoms with Crippen molar-refractivity contribution >= 4 is 11.8 Å². The van der Waals surface area contributed by atoms with Crippen molar-refractivity contribution in [3.63, 3.8) is 0 Å². The second-order valence-corrected chi connectivity index (χ2v) is 10.2. The maximum atomic E-state index is 14.9. The summed E-state index contributed by atoms with van der Waals surface area (Å²) >= 11 is 0. The molecule has 0 aromatic heterocycles. The fourth-order valence-corrected chi connectivity index (χ4v) is 4.90. The van der Waals surface area contributed by atoms with Crippen LogP contribution in [0.3, 0.4) is 0 Å². The first-order valence-electron chi connectivity index (χ1n) is 13.9. The summed E-state index contributed by atoms with van der Waals surface area (Å²) in [5, 5.41) is 3.08. The standard InChI is InChI=1S/C35H37FN2O2/c1-3-26(2)37-35(40)33(23-27-15-7-4-8-16-27)38(25-30-21-13-14-22-32(30)36)34(39)24-31(28-17-9-5-10-18-28)29-19-11-6-12-20-29/h4-22,26,31,33H,3,23-25H2,1-2H3,(H,37,40)/t26-,33-/m1/s1. The van der Waals surface area contributed by atoms with Gasteiger partial charge in [0.15, 0.2) is 0 Å². The van der Waals surface area contributed by atoms with E-state index in [0.717, 1.165) is 23.1 Å². The molecule has 4 aromatic carbocycles. The molecule has 4 rings (SSSR count). The maximum absolute atomic E-state index is 14.9. The lowest BCUT2D eigenvalue weighted by molar-refractivity contribution is -0.141. The molecule has 0 aliphatic carbocycles. The Morgan fingerprint density at radius 3 is 1.85 bits per heavy atom. The molecule has 2 amide bonds. The Morgan fingerprint density at radius 1 is 0.775 bits per heavy atom. The number of nitrogens with one attached hydrogen (secondary N) is 1. The second kappa shape index (κ2) is 14.2. The van der Waals surface area contributed by atoms with E-state index in [1.54, 1.807) is 23.1 Å². The first-order chi connectivity index (χ1) is 19.5. The van der Waals surface area contributed by atoms with Crippen LogP contribution < -0.4 is 5.32 Å². The van der Waals surface area contributed by atoms with Crippen LogP contribution in [0.2, 0.25) is 0 Å². The first kappa shape index (κ1) is 28.8. The molecule has 40 heavy (non-hydrogen) atoms. The normalized spacial score (nSPS) is 12.5. The van der Waals surface area contributed by atoms with E-state index in [9.17, 15) is 14.0 Å². The topological polar surface area (TPSA) is 49.4 Å². The number of rotatable bonds is 12. The predicted octanol–water partition coefficient (Wildman–Crippen LogP) is 6.90. The van der Waals surface area contributed by atoms with E-state index in [4.69, 9.17) is 0 Å². The Balaban J connectivity index is 1.75. The Labute approximate surface area is 236 Å². The minimum absolute atomic E-state index is 0.00671. The highest BCUT2D eigenvalue weighted by Crippen LogP contribution is 2.30. The number of carbonyl (C=O) groups is 2. The van der Waals surface area contributed by atoms with Crippen molar-refractivity contribution in [2.24, 2.45) is 0 Å². The van der Waals surface area contributed by atoms with E-state index in [0.29, 0.717) is 12.0 Å². The van der Waals surface area contributed by atoms with Crippen LogP contribution >= 0.6 is 0 Å². The van der Waals surface area contributed by atoms with Gasteiger partial charge in [0.1, 0.15) is 11.9 Å². The average molecular weight is 537 g/mol. The summed E-state index contributed by atoms with van der Waals surface area (Å²) in [5.41, 5.74) is 3.33. The minimum atomic E-state index is -0.810. The van der Waals surface area contributed by atoms with Crippen molar-refractivity contribution < 1.29 is 14.0 Å². The zero-order valence-electron chi connectivity index (χ0n) is 23.2. The zero-order chi connectivity index (χ0) is 28.3. The summed E-state index contributed by atoms with van der Waals surface area (Å²) in [6, 6.07) is 35.1. The molecule has 0 bridgehead atoms. The number of nitrogens with zero attached hydrogens (tertiary/aromatic N) is 1. The monoisotopic (exact) mass is 536 g/mol. The fourth-order valence-electron chi connectivity index (χ4n) is 4.90. The van der Waals surface area contributed by atoms with Gasteiger partial charge in [-0.2, -0.15) is 0 Å². The zero-order valence-corrected chi connectivity index (χ0v) is 23.2. The third-order valence-corrected chi connectivity index (χ3v) is 7.35. The molecule has 2 atom stereocenters. The van der Waals surface area contributed by atoms with Crippen LogP contribution in [-0.2, 0) is 22.6 Å². The molecule has 0 saturated carbocycles. The number of carbonyl (C=O) groups excluding carboxylic acids is 2. The number of hydrogen-bond donors (Lipinski definition) is 1. The molecule has 4 nitrogen and oxygen atoms in total. The van der Waals surface area contributed by atoms with Crippen molar-refractivity contribution in [1.82, 2.24) is 10.2 Å². The summed E-state index contributed by atoms with van der Waals surface area (Å²) in [5.74, 6) is -1.06. The van der Waals surface area contributed by atoms with E-state index >= 15 is 0 Å². The smallest absolute Gasteiger partial charge is 0.243 e. The quantitative estimate of drug-likeness (QED) is 0.214. The molecule has 0 unspecified atom stereocenters. The van der Waals surface area contributed by atoms with Crippen LogP contribution in [0.15, 0.2) is 115 Å². The molecule has 1 N–H and O–H groups in total. The van der Waals surface area contributed by atoms with Crippen LogP contribution in [0, 0.1) is 5.82 Å². The van der Waals surface area contributed by atoms with Gasteiger partial charge in [0.2, 0.25) is 11.8 Å². The van der Waals surface area contributed by atoms with Crippen molar-refractivity contribution in [3.05, 3.63) is 143 Å². The molecule has 0 aliphatic heterocycles. The number of halogens is 1. The summed E-state index contributed by atoms with van der Waals surface area (Å²) < 4.78 is 14.9. The van der Waals surface area contributed by atoms with E-state index in [2.05, 4.69) is 5.32 Å². The van der Waals surface area contributed by atoms with Crippen LogP contribution in [0.25, 0.3) is 0 Å². The lowest BCUT2D eigenvalue weighted by Crippen LogP contribution is -2.52. The molecular formula is C35H37FN2O2. The van der Waals surface area contributed by atoms with Gasteiger partial charge in [-0.1, -0.05) is 116 Å². The van der Waals surface area contributed by atoms with Gasteiger partial charge in [-0.15, -0.1) is 0 Å². The molecular weight excluding hydrogens is 499 g/mol. The molecule has 4 aromatic rings. The summed E-state index contributed by atoms with van der Waals surface area (Å²) in [7, 11) is 0. The lowest BCUT2D eigenvalue weighted by Gasteiger charge is -2.33. The lowest BCUT2D eigenvalue weighted by atomic mass is 9.87.